The molecule has 0 radical (unpaired) electrons. The second-order valence-electron chi connectivity index (χ2n) is 5.45. The highest BCUT2D eigenvalue weighted by Gasteiger charge is 2.20. The molecule has 0 aliphatic heterocycles. The molecule has 0 heterocycles. The lowest BCUT2D eigenvalue weighted by molar-refractivity contribution is -0.00762. The van der Waals surface area contributed by atoms with Gasteiger partial charge in [0.2, 0.25) is 0 Å². The zero-order valence-corrected chi connectivity index (χ0v) is 12.3. The predicted octanol–water partition coefficient (Wildman–Crippen LogP) is 1.01. The summed E-state index contributed by atoms with van der Waals surface area (Å²) >= 11 is 1.62. The number of rotatable bonds is 9. The maximum Gasteiger partial charge on any atom is 0.0897 e. The van der Waals surface area contributed by atoms with E-state index >= 15 is 0 Å². The predicted molar refractivity (Wildman–Crippen MR) is 76.1 cm³/mol. The van der Waals surface area contributed by atoms with Gasteiger partial charge in [-0.15, -0.1) is 0 Å². The van der Waals surface area contributed by atoms with E-state index in [0.717, 1.165) is 12.8 Å². The fourth-order valence-electron chi connectivity index (χ4n) is 2.23. The minimum Gasteiger partial charge on any atom is -0.389 e. The first kappa shape index (κ1) is 16.2. The van der Waals surface area contributed by atoms with Crippen LogP contribution in [0.5, 0.6) is 0 Å². The van der Waals surface area contributed by atoms with Gasteiger partial charge in [0.1, 0.15) is 0 Å². The van der Waals surface area contributed by atoms with Gasteiger partial charge < -0.3 is 20.3 Å². The molecule has 108 valence electrons. The van der Waals surface area contributed by atoms with Crippen molar-refractivity contribution < 1.29 is 14.9 Å². The molecule has 18 heavy (non-hydrogen) atoms. The molecular formula is C13H27NO3S. The van der Waals surface area contributed by atoms with Crippen molar-refractivity contribution >= 4 is 11.8 Å². The lowest BCUT2D eigenvalue weighted by Gasteiger charge is -2.23. The molecule has 3 N–H and O–H groups in total. The van der Waals surface area contributed by atoms with Crippen LogP contribution in [0, 0.1) is 0 Å². The van der Waals surface area contributed by atoms with Crippen molar-refractivity contribution in [1.82, 2.24) is 5.32 Å². The van der Waals surface area contributed by atoms with E-state index < -0.39 is 11.7 Å². The van der Waals surface area contributed by atoms with Crippen LogP contribution < -0.4 is 5.32 Å². The van der Waals surface area contributed by atoms with E-state index in [1.54, 1.807) is 18.7 Å². The number of hydrogen-bond donors (Lipinski definition) is 3. The summed E-state index contributed by atoms with van der Waals surface area (Å²) in [6.45, 7) is 3.16. The van der Waals surface area contributed by atoms with Gasteiger partial charge >= 0.3 is 0 Å². The van der Waals surface area contributed by atoms with Gasteiger partial charge in [-0.2, -0.15) is 11.8 Å². The Kier molecular flexibility index (Phi) is 7.56. The first-order valence-corrected chi connectivity index (χ1v) is 8.14. The van der Waals surface area contributed by atoms with Gasteiger partial charge in [0.15, 0.2) is 0 Å². The smallest absolute Gasteiger partial charge is 0.0897 e. The minimum atomic E-state index is -0.717. The molecule has 4 nitrogen and oxygen atoms in total. The van der Waals surface area contributed by atoms with Crippen LogP contribution in [0.2, 0.25) is 0 Å². The Morgan fingerprint density at radius 1 is 1.44 bits per heavy atom. The molecule has 2 unspecified atom stereocenters. The van der Waals surface area contributed by atoms with E-state index in [4.69, 9.17) is 4.74 Å². The highest BCUT2D eigenvalue weighted by atomic mass is 32.2. The Labute approximate surface area is 114 Å². The van der Waals surface area contributed by atoms with Crippen molar-refractivity contribution in [3.05, 3.63) is 0 Å². The SMILES string of the molecule is CSCC(C)(O)CNCC(O)COC1CCCC1. The van der Waals surface area contributed by atoms with E-state index in [2.05, 4.69) is 5.32 Å². The zero-order valence-electron chi connectivity index (χ0n) is 11.5. The normalized spacial score (nSPS) is 22.0. The van der Waals surface area contributed by atoms with Crippen LogP contribution in [0.25, 0.3) is 0 Å². The van der Waals surface area contributed by atoms with Gasteiger partial charge in [0.05, 0.1) is 24.4 Å². The summed E-state index contributed by atoms with van der Waals surface area (Å²) in [5, 5.41) is 22.8. The molecule has 5 heteroatoms. The Morgan fingerprint density at radius 3 is 2.72 bits per heavy atom. The summed E-state index contributed by atoms with van der Waals surface area (Å²) in [4.78, 5) is 0. The number of aliphatic hydroxyl groups is 2. The topological polar surface area (TPSA) is 61.7 Å². The van der Waals surface area contributed by atoms with Crippen molar-refractivity contribution in [3.8, 4) is 0 Å². The van der Waals surface area contributed by atoms with Gasteiger partial charge in [0.25, 0.3) is 0 Å². The Morgan fingerprint density at radius 2 is 2.11 bits per heavy atom. The molecule has 0 spiro atoms. The van der Waals surface area contributed by atoms with Crippen LogP contribution in [0.15, 0.2) is 0 Å². The fraction of sp³-hybridized carbons (Fsp3) is 1.00. The zero-order chi connectivity index (χ0) is 13.4. The summed E-state index contributed by atoms with van der Waals surface area (Å²) in [6.07, 6.45) is 6.58. The first-order valence-electron chi connectivity index (χ1n) is 6.75. The maximum absolute atomic E-state index is 9.93. The molecule has 1 aliphatic carbocycles. The van der Waals surface area contributed by atoms with Crippen LogP contribution in [-0.4, -0.2) is 59.7 Å². The summed E-state index contributed by atoms with van der Waals surface area (Å²) in [5.41, 5.74) is -0.717. The Hall–Kier alpha value is 0.190. The Balaban J connectivity index is 2.03. The van der Waals surface area contributed by atoms with Crippen molar-refractivity contribution in [2.24, 2.45) is 0 Å². The fourth-order valence-corrected chi connectivity index (χ4v) is 2.96. The van der Waals surface area contributed by atoms with E-state index in [1.165, 1.54) is 12.8 Å². The third-order valence-corrected chi connectivity index (χ3v) is 4.08. The van der Waals surface area contributed by atoms with Crippen LogP contribution in [-0.2, 0) is 4.74 Å². The van der Waals surface area contributed by atoms with Gasteiger partial charge in [0, 0.05) is 18.8 Å². The number of thioether (sulfide) groups is 1. The molecule has 0 bridgehead atoms. The average molecular weight is 277 g/mol. The van der Waals surface area contributed by atoms with Gasteiger partial charge in [-0.25, -0.2) is 0 Å². The maximum atomic E-state index is 9.93. The molecule has 1 aliphatic rings. The van der Waals surface area contributed by atoms with Crippen LogP contribution in [0.4, 0.5) is 0 Å². The Bertz CT molecular complexity index is 220. The molecule has 0 aromatic rings. The van der Waals surface area contributed by atoms with Crippen LogP contribution in [0.3, 0.4) is 0 Å². The van der Waals surface area contributed by atoms with Crippen molar-refractivity contribution in [3.63, 3.8) is 0 Å². The number of aliphatic hydroxyl groups excluding tert-OH is 1. The van der Waals surface area contributed by atoms with E-state index in [1.807, 2.05) is 6.26 Å². The highest BCUT2D eigenvalue weighted by molar-refractivity contribution is 7.98. The minimum absolute atomic E-state index is 0.347. The lowest BCUT2D eigenvalue weighted by Crippen LogP contribution is -2.43. The number of ether oxygens (including phenoxy) is 1. The van der Waals surface area contributed by atoms with Crippen LogP contribution in [0.1, 0.15) is 32.6 Å². The third kappa shape index (κ3) is 6.95. The standard InChI is InChI=1S/C13H27NO3S/c1-13(16,10-18-2)9-14-7-11(15)8-17-12-5-3-4-6-12/h11-12,14-16H,3-10H2,1-2H3. The molecule has 0 aromatic carbocycles. The quantitative estimate of drug-likeness (QED) is 0.587. The molecule has 0 saturated heterocycles. The van der Waals surface area contributed by atoms with Crippen molar-refractivity contribution in [1.29, 1.82) is 0 Å². The van der Waals surface area contributed by atoms with Crippen molar-refractivity contribution in [2.75, 3.05) is 31.7 Å². The molecule has 2 atom stereocenters. The molecule has 0 amide bonds. The van der Waals surface area contributed by atoms with Crippen molar-refractivity contribution in [2.45, 2.75) is 50.4 Å². The molecule has 0 aromatic heterocycles. The van der Waals surface area contributed by atoms with Gasteiger partial charge in [-0.1, -0.05) is 12.8 Å². The number of nitrogens with one attached hydrogen (secondary N) is 1. The van der Waals surface area contributed by atoms with E-state index in [-0.39, 0.29) is 0 Å². The third-order valence-electron chi connectivity index (χ3n) is 3.17. The second-order valence-corrected chi connectivity index (χ2v) is 6.32. The first-order chi connectivity index (χ1) is 8.53. The van der Waals surface area contributed by atoms with Gasteiger partial charge in [-0.3, -0.25) is 0 Å². The molecular weight excluding hydrogens is 250 g/mol. The second kappa shape index (κ2) is 8.38. The summed E-state index contributed by atoms with van der Waals surface area (Å²) in [6, 6.07) is 0. The van der Waals surface area contributed by atoms with E-state index in [0.29, 0.717) is 31.6 Å². The average Bonchev–Trinajstić information content (AvgIpc) is 2.78. The number of hydrogen-bond acceptors (Lipinski definition) is 5. The summed E-state index contributed by atoms with van der Waals surface area (Å²) in [7, 11) is 0. The largest absolute Gasteiger partial charge is 0.389 e. The van der Waals surface area contributed by atoms with Gasteiger partial charge in [-0.05, 0) is 26.0 Å². The molecule has 1 fully saturated rings. The molecule has 1 saturated carbocycles. The summed E-state index contributed by atoms with van der Waals surface area (Å²) < 4.78 is 5.64. The molecule has 1 rings (SSSR count). The van der Waals surface area contributed by atoms with Crippen LogP contribution >= 0.6 is 11.8 Å². The summed E-state index contributed by atoms with van der Waals surface area (Å²) in [5.74, 6) is 0.689. The lowest BCUT2D eigenvalue weighted by atomic mass is 10.1. The van der Waals surface area contributed by atoms with E-state index in [9.17, 15) is 10.2 Å². The highest BCUT2D eigenvalue weighted by Crippen LogP contribution is 2.20. The monoisotopic (exact) mass is 277 g/mol.